The molecule has 0 saturated carbocycles. The van der Waals surface area contributed by atoms with Gasteiger partial charge in [0.05, 0.1) is 29.9 Å². The maximum absolute atomic E-state index is 16.3. The van der Waals surface area contributed by atoms with Gasteiger partial charge >= 0.3 is 0 Å². The molecule has 9 nitrogen and oxygen atoms in total. The van der Waals surface area contributed by atoms with Crippen LogP contribution in [0.5, 0.6) is 5.75 Å². The summed E-state index contributed by atoms with van der Waals surface area (Å²) in [5, 5.41) is 3.60. The number of amides is 1. The van der Waals surface area contributed by atoms with Crippen molar-refractivity contribution < 1.29 is 26.8 Å². The van der Waals surface area contributed by atoms with Crippen molar-refractivity contribution in [3.8, 4) is 5.75 Å². The molecule has 0 aliphatic carbocycles. The highest BCUT2D eigenvalue weighted by molar-refractivity contribution is 7.93. The fourth-order valence-corrected chi connectivity index (χ4v) is 7.87. The van der Waals surface area contributed by atoms with Gasteiger partial charge in [-0.1, -0.05) is 31.5 Å². The average Bonchev–Trinajstić information content (AvgIpc) is 3.76. The Kier molecular flexibility index (Phi) is 8.00. The molecule has 3 heterocycles. The molecule has 1 aromatic heterocycles. The molecule has 44 heavy (non-hydrogen) atoms. The minimum atomic E-state index is -4.48. The van der Waals surface area contributed by atoms with Gasteiger partial charge in [-0.15, -0.1) is 0 Å². The number of fused-ring (bicyclic) bond motifs is 1. The fraction of sp³-hybridized carbons (Fsp3) is 0.312. The van der Waals surface area contributed by atoms with Crippen LogP contribution < -0.4 is 14.4 Å². The predicted octanol–water partition coefficient (Wildman–Crippen LogP) is 5.79. The molecular weight excluding hydrogens is 607 g/mol. The number of nitrogens with zero attached hydrogens (tertiary/aromatic N) is 3. The lowest BCUT2D eigenvalue weighted by molar-refractivity contribution is -0.127. The number of benzene rings is 3. The van der Waals surface area contributed by atoms with Crippen LogP contribution in [0.3, 0.4) is 0 Å². The van der Waals surface area contributed by atoms with E-state index in [-0.39, 0.29) is 32.8 Å². The fourth-order valence-electron chi connectivity index (χ4n) is 6.24. The van der Waals surface area contributed by atoms with Crippen LogP contribution in [-0.4, -0.2) is 43.9 Å². The number of carbonyl (C=O) groups is 1. The molecule has 0 radical (unpaired) electrons. The van der Waals surface area contributed by atoms with Gasteiger partial charge in [-0.25, -0.2) is 22.1 Å². The zero-order valence-electron chi connectivity index (χ0n) is 24.5. The topological polar surface area (TPSA) is 105 Å². The van der Waals surface area contributed by atoms with Crippen molar-refractivity contribution in [2.24, 2.45) is 0 Å². The maximum atomic E-state index is 16.3. The Morgan fingerprint density at radius 3 is 2.59 bits per heavy atom. The molecular formula is C32H32ClFN4O5S. The van der Waals surface area contributed by atoms with Gasteiger partial charge in [0.1, 0.15) is 17.8 Å². The van der Waals surface area contributed by atoms with Gasteiger partial charge in [0.25, 0.3) is 15.9 Å². The summed E-state index contributed by atoms with van der Waals surface area (Å²) in [5.74, 6) is -0.679. The van der Waals surface area contributed by atoms with Gasteiger partial charge < -0.3 is 14.5 Å². The second-order valence-electron chi connectivity index (χ2n) is 11.2. The van der Waals surface area contributed by atoms with Crippen molar-refractivity contribution in [1.29, 1.82) is 0 Å². The SMILES string of the molecule is COc1ccc(S(=O)(=O)N2C(=O)C(c3cc(CNC(C)C)ccc3F)(N3CCCC3c3ncco3)c3cc(Cl)ccc32)cc1. The van der Waals surface area contributed by atoms with Gasteiger partial charge in [-0.3, -0.25) is 9.69 Å². The summed E-state index contributed by atoms with van der Waals surface area (Å²) in [6, 6.07) is 14.6. The summed E-state index contributed by atoms with van der Waals surface area (Å²) < 4.78 is 56.7. The highest BCUT2D eigenvalue weighted by Gasteiger charge is 2.62. The van der Waals surface area contributed by atoms with Crippen LogP contribution in [0.2, 0.25) is 5.02 Å². The highest BCUT2D eigenvalue weighted by atomic mass is 35.5. The van der Waals surface area contributed by atoms with Crippen LogP contribution in [0.15, 0.2) is 82.4 Å². The van der Waals surface area contributed by atoms with Gasteiger partial charge in [0, 0.05) is 35.3 Å². The Balaban J connectivity index is 1.63. The molecule has 12 heteroatoms. The maximum Gasteiger partial charge on any atom is 0.271 e. The minimum absolute atomic E-state index is 0.0277. The van der Waals surface area contributed by atoms with Crippen LogP contribution in [0.4, 0.5) is 10.1 Å². The van der Waals surface area contributed by atoms with Crippen molar-refractivity contribution >= 4 is 33.2 Å². The first-order valence-electron chi connectivity index (χ1n) is 14.3. The van der Waals surface area contributed by atoms with E-state index >= 15 is 9.18 Å². The number of hydrogen-bond donors (Lipinski definition) is 1. The zero-order valence-corrected chi connectivity index (χ0v) is 26.0. The summed E-state index contributed by atoms with van der Waals surface area (Å²) in [6.45, 7) is 4.75. The van der Waals surface area contributed by atoms with E-state index in [0.717, 1.165) is 9.87 Å². The largest absolute Gasteiger partial charge is 0.497 e. The molecule has 1 saturated heterocycles. The molecule has 0 spiro atoms. The van der Waals surface area contributed by atoms with E-state index in [4.69, 9.17) is 20.8 Å². The number of methoxy groups -OCH3 is 1. The Morgan fingerprint density at radius 1 is 1.14 bits per heavy atom. The van der Waals surface area contributed by atoms with E-state index in [9.17, 15) is 8.42 Å². The first kappa shape index (κ1) is 30.3. The molecule has 1 N–H and O–H groups in total. The minimum Gasteiger partial charge on any atom is -0.497 e. The summed E-state index contributed by atoms with van der Waals surface area (Å²) in [6.07, 6.45) is 4.16. The first-order chi connectivity index (χ1) is 21.1. The molecule has 1 amide bonds. The van der Waals surface area contributed by atoms with Crippen molar-refractivity contribution in [3.63, 3.8) is 0 Å². The summed E-state index contributed by atoms with van der Waals surface area (Å²) in [4.78, 5) is 21.2. The first-order valence-corrected chi connectivity index (χ1v) is 16.1. The van der Waals surface area contributed by atoms with Crippen LogP contribution in [0.25, 0.3) is 0 Å². The Hall–Kier alpha value is -3.77. The molecule has 0 bridgehead atoms. The van der Waals surface area contributed by atoms with Crippen molar-refractivity contribution in [3.05, 3.63) is 107 Å². The molecule has 2 unspecified atom stereocenters. The Morgan fingerprint density at radius 2 is 1.91 bits per heavy atom. The number of rotatable bonds is 9. The smallest absolute Gasteiger partial charge is 0.271 e. The third kappa shape index (κ3) is 4.88. The molecule has 2 aliphatic heterocycles. The number of sulfonamides is 1. The standard InChI is InChI=1S/C32H32ClFN4O5S/c1-20(2)36-19-21-6-12-27(34)25(17-21)32(37-15-4-5-29(37)30-35-14-16-43-30)26-18-22(33)7-13-28(26)38(31(32)39)44(40,41)24-10-8-23(42-3)9-11-24/h6-14,16-18,20,29,36H,4-5,15,19H2,1-3H3. The zero-order chi connectivity index (χ0) is 31.2. The summed E-state index contributed by atoms with van der Waals surface area (Å²) in [7, 11) is -3.01. The van der Waals surface area contributed by atoms with Crippen LogP contribution in [0.1, 0.15) is 55.3 Å². The van der Waals surface area contributed by atoms with E-state index in [1.54, 1.807) is 18.2 Å². The number of halogens is 2. The van der Waals surface area contributed by atoms with Gasteiger partial charge in [0.2, 0.25) is 5.89 Å². The van der Waals surface area contributed by atoms with Crippen LogP contribution in [0, 0.1) is 5.82 Å². The van der Waals surface area contributed by atoms with E-state index in [1.807, 2.05) is 18.7 Å². The molecule has 2 aliphatic rings. The lowest BCUT2D eigenvalue weighted by Crippen LogP contribution is -2.55. The van der Waals surface area contributed by atoms with Crippen LogP contribution in [-0.2, 0) is 26.9 Å². The number of aromatic nitrogens is 1. The van der Waals surface area contributed by atoms with E-state index < -0.39 is 33.3 Å². The molecule has 230 valence electrons. The monoisotopic (exact) mass is 638 g/mol. The number of anilines is 1. The van der Waals surface area contributed by atoms with Gasteiger partial charge in [0.15, 0.2) is 5.54 Å². The summed E-state index contributed by atoms with van der Waals surface area (Å²) >= 11 is 6.55. The number of likely N-dealkylation sites (tertiary alicyclic amines) is 1. The van der Waals surface area contributed by atoms with Crippen molar-refractivity contribution in [1.82, 2.24) is 15.2 Å². The van der Waals surface area contributed by atoms with Crippen molar-refractivity contribution in [2.45, 2.75) is 55.8 Å². The number of nitrogens with one attached hydrogen (secondary N) is 1. The normalized spacial score (nSPS) is 20.5. The molecule has 2 atom stereocenters. The quantitative estimate of drug-likeness (QED) is 0.246. The lowest BCUT2D eigenvalue weighted by atomic mass is 9.80. The number of oxazole rings is 1. The molecule has 4 aromatic rings. The second kappa shape index (κ2) is 11.6. The van der Waals surface area contributed by atoms with Crippen LogP contribution >= 0.6 is 11.6 Å². The number of carbonyl (C=O) groups excluding carboxylic acids is 1. The van der Waals surface area contributed by atoms with Gasteiger partial charge in [-0.05, 0) is 73.0 Å². The van der Waals surface area contributed by atoms with E-state index in [1.165, 1.54) is 62.0 Å². The molecule has 3 aromatic carbocycles. The number of ether oxygens (including phenoxy) is 1. The van der Waals surface area contributed by atoms with Gasteiger partial charge in [-0.2, -0.15) is 0 Å². The Labute approximate surface area is 260 Å². The Bertz CT molecular complexity index is 1800. The average molecular weight is 639 g/mol. The van der Waals surface area contributed by atoms with Crippen molar-refractivity contribution in [2.75, 3.05) is 18.0 Å². The van der Waals surface area contributed by atoms with E-state index in [2.05, 4.69) is 10.3 Å². The summed E-state index contributed by atoms with van der Waals surface area (Å²) in [5.41, 5.74) is -0.793. The number of hydrogen-bond acceptors (Lipinski definition) is 8. The predicted molar refractivity (Wildman–Crippen MR) is 163 cm³/mol. The molecule has 6 rings (SSSR count). The third-order valence-corrected chi connectivity index (χ3v) is 10.2. The lowest BCUT2D eigenvalue weighted by Gasteiger charge is -2.41. The second-order valence-corrected chi connectivity index (χ2v) is 13.4. The van der Waals surface area contributed by atoms with E-state index in [0.29, 0.717) is 37.6 Å². The third-order valence-electron chi connectivity index (χ3n) is 8.21. The molecule has 1 fully saturated rings. The highest BCUT2D eigenvalue weighted by Crippen LogP contribution is 2.55.